The molecule has 1 saturated carbocycles. The Morgan fingerprint density at radius 1 is 1.43 bits per heavy atom. The van der Waals surface area contributed by atoms with Gasteiger partial charge in [0.15, 0.2) is 5.22 Å². The van der Waals surface area contributed by atoms with Gasteiger partial charge in [-0.1, -0.05) is 12.8 Å². The summed E-state index contributed by atoms with van der Waals surface area (Å²) in [6.45, 7) is 3.06. The topological polar surface area (TPSA) is 25.2 Å². The Labute approximate surface area is 89.6 Å². The molecule has 1 fully saturated rings. The molecule has 0 bridgehead atoms. The van der Waals surface area contributed by atoms with Gasteiger partial charge in [0.25, 0.3) is 0 Å². The maximum absolute atomic E-state index is 5.70. The van der Waals surface area contributed by atoms with E-state index in [2.05, 4.69) is 12.2 Å². The molecule has 1 N–H and O–H groups in total. The number of halogens is 1. The Balaban J connectivity index is 1.87. The fourth-order valence-corrected chi connectivity index (χ4v) is 2.24. The van der Waals surface area contributed by atoms with E-state index in [0.29, 0.717) is 10.8 Å². The zero-order chi connectivity index (χ0) is 10.0. The second kappa shape index (κ2) is 3.95. The van der Waals surface area contributed by atoms with Gasteiger partial charge in [-0.15, -0.1) is 0 Å². The van der Waals surface area contributed by atoms with Crippen LogP contribution in [-0.2, 0) is 6.54 Å². The summed E-state index contributed by atoms with van der Waals surface area (Å²) >= 11 is 5.70. The summed E-state index contributed by atoms with van der Waals surface area (Å²) in [6.07, 6.45) is 5.20. The fraction of sp³-hybridized carbons (Fsp3) is 0.636. The quantitative estimate of drug-likeness (QED) is 0.833. The van der Waals surface area contributed by atoms with Gasteiger partial charge in [0.2, 0.25) is 0 Å². The molecule has 0 spiro atoms. The summed E-state index contributed by atoms with van der Waals surface area (Å²) in [6, 6.07) is 3.71. The van der Waals surface area contributed by atoms with Crippen LogP contribution in [0, 0.1) is 0 Å². The van der Waals surface area contributed by atoms with Gasteiger partial charge in [0, 0.05) is 5.54 Å². The number of rotatable bonds is 3. The van der Waals surface area contributed by atoms with E-state index in [4.69, 9.17) is 16.0 Å². The minimum absolute atomic E-state index is 0.305. The summed E-state index contributed by atoms with van der Waals surface area (Å²) in [5.41, 5.74) is 0.305. The SMILES string of the molecule is CC1(NCc2ccc(Cl)o2)CCCC1. The minimum Gasteiger partial charge on any atom is -0.448 e. The Hall–Kier alpha value is -0.470. The molecule has 0 aliphatic heterocycles. The van der Waals surface area contributed by atoms with Crippen LogP contribution in [-0.4, -0.2) is 5.54 Å². The lowest BCUT2D eigenvalue weighted by Gasteiger charge is -2.24. The molecule has 2 nitrogen and oxygen atoms in total. The van der Waals surface area contributed by atoms with Crippen LogP contribution < -0.4 is 5.32 Å². The van der Waals surface area contributed by atoms with Crippen molar-refractivity contribution < 1.29 is 4.42 Å². The minimum atomic E-state index is 0.305. The van der Waals surface area contributed by atoms with Crippen LogP contribution >= 0.6 is 11.6 Å². The van der Waals surface area contributed by atoms with E-state index in [1.54, 1.807) is 6.07 Å². The first-order valence-corrected chi connectivity index (χ1v) is 5.55. The lowest BCUT2D eigenvalue weighted by atomic mass is 10.0. The van der Waals surface area contributed by atoms with Crippen LogP contribution in [0.5, 0.6) is 0 Å². The third-order valence-electron chi connectivity index (χ3n) is 3.03. The van der Waals surface area contributed by atoms with Crippen molar-refractivity contribution in [2.24, 2.45) is 0 Å². The molecule has 14 heavy (non-hydrogen) atoms. The van der Waals surface area contributed by atoms with Crippen molar-refractivity contribution in [2.45, 2.75) is 44.7 Å². The first-order chi connectivity index (χ1) is 6.68. The molecular formula is C11H16ClNO. The highest BCUT2D eigenvalue weighted by Gasteiger charge is 2.27. The van der Waals surface area contributed by atoms with Gasteiger partial charge in [-0.3, -0.25) is 0 Å². The molecule has 1 aromatic rings. The van der Waals surface area contributed by atoms with E-state index < -0.39 is 0 Å². The van der Waals surface area contributed by atoms with Gasteiger partial charge in [-0.05, 0) is 43.5 Å². The van der Waals surface area contributed by atoms with Crippen LogP contribution in [0.3, 0.4) is 0 Å². The summed E-state index contributed by atoms with van der Waals surface area (Å²) in [5, 5.41) is 4.01. The van der Waals surface area contributed by atoms with Crippen molar-refractivity contribution in [1.29, 1.82) is 0 Å². The van der Waals surface area contributed by atoms with E-state index in [9.17, 15) is 0 Å². The Morgan fingerprint density at radius 2 is 2.14 bits per heavy atom. The average Bonchev–Trinajstić information content (AvgIpc) is 2.73. The second-order valence-corrected chi connectivity index (χ2v) is 4.70. The van der Waals surface area contributed by atoms with Gasteiger partial charge in [-0.25, -0.2) is 0 Å². The maximum Gasteiger partial charge on any atom is 0.193 e. The van der Waals surface area contributed by atoms with Gasteiger partial charge >= 0.3 is 0 Å². The highest BCUT2D eigenvalue weighted by atomic mass is 35.5. The van der Waals surface area contributed by atoms with Gasteiger partial charge < -0.3 is 9.73 Å². The van der Waals surface area contributed by atoms with Gasteiger partial charge in [-0.2, -0.15) is 0 Å². The van der Waals surface area contributed by atoms with Crippen molar-refractivity contribution in [1.82, 2.24) is 5.32 Å². The lowest BCUT2D eigenvalue weighted by Crippen LogP contribution is -2.38. The molecule has 1 aliphatic carbocycles. The molecule has 0 radical (unpaired) electrons. The third-order valence-corrected chi connectivity index (χ3v) is 3.23. The standard InChI is InChI=1S/C11H16ClNO/c1-11(6-2-3-7-11)13-8-9-4-5-10(12)14-9/h4-5,13H,2-3,6-8H2,1H3. The first-order valence-electron chi connectivity index (χ1n) is 5.17. The second-order valence-electron chi connectivity index (χ2n) is 4.33. The van der Waals surface area contributed by atoms with E-state index in [-0.39, 0.29) is 0 Å². The molecule has 1 heterocycles. The van der Waals surface area contributed by atoms with Crippen molar-refractivity contribution in [3.05, 3.63) is 23.1 Å². The maximum atomic E-state index is 5.70. The van der Waals surface area contributed by atoms with Crippen LogP contribution in [0.4, 0.5) is 0 Å². The van der Waals surface area contributed by atoms with E-state index >= 15 is 0 Å². The number of nitrogens with one attached hydrogen (secondary N) is 1. The zero-order valence-corrected chi connectivity index (χ0v) is 9.23. The molecule has 0 aromatic carbocycles. The number of hydrogen-bond acceptors (Lipinski definition) is 2. The van der Waals surface area contributed by atoms with Gasteiger partial charge in [0.1, 0.15) is 5.76 Å². The number of hydrogen-bond donors (Lipinski definition) is 1. The van der Waals surface area contributed by atoms with Crippen molar-refractivity contribution >= 4 is 11.6 Å². The molecule has 3 heteroatoms. The highest BCUT2D eigenvalue weighted by Crippen LogP contribution is 2.29. The molecule has 0 atom stereocenters. The van der Waals surface area contributed by atoms with E-state index in [0.717, 1.165) is 12.3 Å². The zero-order valence-electron chi connectivity index (χ0n) is 8.48. The van der Waals surface area contributed by atoms with Crippen molar-refractivity contribution in [3.8, 4) is 0 Å². The van der Waals surface area contributed by atoms with Crippen LogP contribution in [0.25, 0.3) is 0 Å². The highest BCUT2D eigenvalue weighted by molar-refractivity contribution is 6.28. The molecule has 1 aliphatic rings. The largest absolute Gasteiger partial charge is 0.448 e. The summed E-state index contributed by atoms with van der Waals surface area (Å²) in [7, 11) is 0. The summed E-state index contributed by atoms with van der Waals surface area (Å²) < 4.78 is 5.29. The Kier molecular flexibility index (Phi) is 2.84. The summed E-state index contributed by atoms with van der Waals surface area (Å²) in [5.74, 6) is 0.920. The molecule has 0 saturated heterocycles. The van der Waals surface area contributed by atoms with Gasteiger partial charge in [0.05, 0.1) is 6.54 Å². The fourth-order valence-electron chi connectivity index (χ4n) is 2.08. The molecule has 0 amide bonds. The molecule has 2 rings (SSSR count). The van der Waals surface area contributed by atoms with Crippen molar-refractivity contribution in [2.75, 3.05) is 0 Å². The molecule has 78 valence electrons. The first kappa shape index (κ1) is 10.1. The summed E-state index contributed by atoms with van der Waals surface area (Å²) in [4.78, 5) is 0. The average molecular weight is 214 g/mol. The van der Waals surface area contributed by atoms with Crippen LogP contribution in [0.2, 0.25) is 5.22 Å². The Bertz CT molecular complexity index is 302. The normalized spacial score (nSPS) is 20.1. The lowest BCUT2D eigenvalue weighted by molar-refractivity contribution is 0.342. The smallest absolute Gasteiger partial charge is 0.193 e. The molecular weight excluding hydrogens is 198 g/mol. The third kappa shape index (κ3) is 2.31. The molecule has 1 aromatic heterocycles. The van der Waals surface area contributed by atoms with Crippen LogP contribution in [0.15, 0.2) is 16.5 Å². The number of furan rings is 1. The van der Waals surface area contributed by atoms with Crippen molar-refractivity contribution in [3.63, 3.8) is 0 Å². The van der Waals surface area contributed by atoms with E-state index in [1.807, 2.05) is 6.07 Å². The van der Waals surface area contributed by atoms with E-state index in [1.165, 1.54) is 25.7 Å². The predicted octanol–water partition coefficient (Wildman–Crippen LogP) is 3.36. The monoisotopic (exact) mass is 213 g/mol. The predicted molar refractivity (Wildman–Crippen MR) is 57.4 cm³/mol. The van der Waals surface area contributed by atoms with Crippen LogP contribution in [0.1, 0.15) is 38.4 Å². The Morgan fingerprint density at radius 3 is 2.71 bits per heavy atom. The molecule has 0 unspecified atom stereocenters.